The molecular weight excluding hydrogens is 218 g/mol. The quantitative estimate of drug-likeness (QED) is 0.823. The topological polar surface area (TPSA) is 43.3 Å². The molecule has 0 saturated carbocycles. The van der Waals surface area contributed by atoms with Gasteiger partial charge in [0.25, 0.3) is 0 Å². The van der Waals surface area contributed by atoms with E-state index in [4.69, 9.17) is 5.73 Å². The van der Waals surface area contributed by atoms with Gasteiger partial charge in [-0.3, -0.25) is 0 Å². The van der Waals surface area contributed by atoms with Crippen LogP contribution in [0.5, 0.6) is 0 Å². The van der Waals surface area contributed by atoms with Crippen molar-refractivity contribution in [2.24, 2.45) is 0 Å². The van der Waals surface area contributed by atoms with Crippen LogP contribution in [-0.2, 0) is 0 Å². The van der Waals surface area contributed by atoms with Gasteiger partial charge in [-0.15, -0.1) is 0 Å². The molecule has 16 heavy (non-hydrogen) atoms. The van der Waals surface area contributed by atoms with Gasteiger partial charge in [-0.1, -0.05) is 0 Å². The van der Waals surface area contributed by atoms with Crippen molar-refractivity contribution in [1.82, 2.24) is 9.38 Å². The number of thioether (sulfide) groups is 1. The minimum Gasteiger partial charge on any atom is -0.399 e. The Morgan fingerprint density at radius 1 is 1.50 bits per heavy atom. The van der Waals surface area contributed by atoms with Gasteiger partial charge >= 0.3 is 0 Å². The van der Waals surface area contributed by atoms with Crippen molar-refractivity contribution in [1.29, 1.82) is 0 Å². The van der Waals surface area contributed by atoms with E-state index >= 15 is 0 Å². The molecule has 4 heteroatoms. The van der Waals surface area contributed by atoms with Crippen LogP contribution in [-0.4, -0.2) is 20.9 Å². The molecule has 3 rings (SSSR count). The number of pyridine rings is 1. The van der Waals surface area contributed by atoms with Crippen molar-refractivity contribution in [2.45, 2.75) is 18.8 Å². The molecule has 1 saturated heterocycles. The standard InChI is InChI=1S/C12H15N3S/c13-10-3-4-15-11(6-10)7-14-12(15)9-2-1-5-16-8-9/h3-4,6-7,9H,1-2,5,8,13H2. The fraction of sp³-hybridized carbons (Fsp3) is 0.417. The van der Waals surface area contributed by atoms with E-state index in [9.17, 15) is 0 Å². The Hall–Kier alpha value is -1.16. The van der Waals surface area contributed by atoms with Crippen LogP contribution in [0.1, 0.15) is 24.6 Å². The van der Waals surface area contributed by atoms with Crippen molar-refractivity contribution >= 4 is 23.0 Å². The van der Waals surface area contributed by atoms with Gasteiger partial charge in [0, 0.05) is 23.6 Å². The van der Waals surface area contributed by atoms with Gasteiger partial charge in [-0.2, -0.15) is 11.8 Å². The number of hydrogen-bond donors (Lipinski definition) is 1. The van der Waals surface area contributed by atoms with Crippen LogP contribution in [0.15, 0.2) is 24.5 Å². The second-order valence-electron chi connectivity index (χ2n) is 4.29. The minimum atomic E-state index is 0.602. The van der Waals surface area contributed by atoms with Gasteiger partial charge in [-0.05, 0) is 30.7 Å². The average Bonchev–Trinajstić information content (AvgIpc) is 2.73. The Bertz CT molecular complexity index is 500. The highest BCUT2D eigenvalue weighted by Gasteiger charge is 2.19. The van der Waals surface area contributed by atoms with Crippen molar-refractivity contribution < 1.29 is 0 Å². The molecule has 84 valence electrons. The van der Waals surface area contributed by atoms with Gasteiger partial charge in [0.15, 0.2) is 0 Å². The fourth-order valence-corrected chi connectivity index (χ4v) is 3.42. The molecular formula is C12H15N3S. The first-order valence-electron chi connectivity index (χ1n) is 5.65. The molecule has 1 aliphatic heterocycles. The summed E-state index contributed by atoms with van der Waals surface area (Å²) in [6.45, 7) is 0. The summed E-state index contributed by atoms with van der Waals surface area (Å²) in [6, 6.07) is 3.92. The third kappa shape index (κ3) is 1.67. The SMILES string of the molecule is Nc1ccn2c(C3CCCSC3)ncc2c1. The van der Waals surface area contributed by atoms with Crippen LogP contribution in [0.25, 0.3) is 5.52 Å². The maximum absolute atomic E-state index is 5.77. The molecule has 1 fully saturated rings. The smallest absolute Gasteiger partial charge is 0.117 e. The number of anilines is 1. The fourth-order valence-electron chi connectivity index (χ4n) is 2.28. The van der Waals surface area contributed by atoms with E-state index in [1.54, 1.807) is 0 Å². The molecule has 1 atom stereocenters. The predicted octanol–water partition coefficient (Wildman–Crippen LogP) is 2.53. The molecule has 0 bridgehead atoms. The normalized spacial score (nSPS) is 21.4. The Morgan fingerprint density at radius 3 is 3.25 bits per heavy atom. The van der Waals surface area contributed by atoms with E-state index in [-0.39, 0.29) is 0 Å². The molecule has 0 amide bonds. The molecule has 3 nitrogen and oxygen atoms in total. The third-order valence-corrected chi connectivity index (χ3v) is 4.33. The second kappa shape index (κ2) is 4.01. The summed E-state index contributed by atoms with van der Waals surface area (Å²) in [4.78, 5) is 4.55. The van der Waals surface area contributed by atoms with E-state index in [1.165, 1.54) is 30.2 Å². The molecule has 3 heterocycles. The Kier molecular flexibility index (Phi) is 2.52. The number of rotatable bonds is 1. The largest absolute Gasteiger partial charge is 0.399 e. The maximum atomic E-state index is 5.77. The summed E-state index contributed by atoms with van der Waals surface area (Å²) in [5, 5.41) is 0. The van der Waals surface area contributed by atoms with Crippen LogP contribution in [0.4, 0.5) is 5.69 Å². The molecule has 0 aliphatic carbocycles. The average molecular weight is 233 g/mol. The number of nitrogens with zero attached hydrogens (tertiary/aromatic N) is 2. The highest BCUT2D eigenvalue weighted by atomic mass is 32.2. The first-order chi connectivity index (χ1) is 7.84. The van der Waals surface area contributed by atoms with E-state index in [0.29, 0.717) is 5.92 Å². The van der Waals surface area contributed by atoms with E-state index in [1.807, 2.05) is 36.3 Å². The number of aromatic nitrogens is 2. The highest BCUT2D eigenvalue weighted by Crippen LogP contribution is 2.30. The molecule has 2 aromatic heterocycles. The molecule has 2 N–H and O–H groups in total. The molecule has 0 radical (unpaired) electrons. The second-order valence-corrected chi connectivity index (χ2v) is 5.44. The number of nitrogen functional groups attached to an aromatic ring is 1. The van der Waals surface area contributed by atoms with Crippen molar-refractivity contribution in [3.8, 4) is 0 Å². The molecule has 1 unspecified atom stereocenters. The summed E-state index contributed by atoms with van der Waals surface area (Å²) in [7, 11) is 0. The Balaban J connectivity index is 2.03. The Morgan fingerprint density at radius 2 is 2.44 bits per heavy atom. The lowest BCUT2D eigenvalue weighted by Gasteiger charge is -2.20. The van der Waals surface area contributed by atoms with Crippen molar-refractivity contribution in [3.63, 3.8) is 0 Å². The zero-order chi connectivity index (χ0) is 11.0. The van der Waals surface area contributed by atoms with Gasteiger partial charge in [0.05, 0.1) is 11.7 Å². The maximum Gasteiger partial charge on any atom is 0.117 e. The third-order valence-electron chi connectivity index (χ3n) is 3.11. The molecule has 1 aliphatic rings. The molecule has 2 aromatic rings. The van der Waals surface area contributed by atoms with E-state index in [0.717, 1.165) is 11.2 Å². The zero-order valence-corrected chi connectivity index (χ0v) is 9.91. The van der Waals surface area contributed by atoms with Crippen LogP contribution in [0.3, 0.4) is 0 Å². The summed E-state index contributed by atoms with van der Waals surface area (Å²) >= 11 is 2.03. The zero-order valence-electron chi connectivity index (χ0n) is 9.10. The van der Waals surface area contributed by atoms with Crippen LogP contribution >= 0.6 is 11.8 Å². The lowest BCUT2D eigenvalue weighted by atomic mass is 10.1. The van der Waals surface area contributed by atoms with Crippen molar-refractivity contribution in [3.05, 3.63) is 30.4 Å². The van der Waals surface area contributed by atoms with Gasteiger partial charge in [-0.25, -0.2) is 4.98 Å². The first-order valence-corrected chi connectivity index (χ1v) is 6.80. The number of imidazole rings is 1. The highest BCUT2D eigenvalue weighted by molar-refractivity contribution is 7.99. The van der Waals surface area contributed by atoms with Gasteiger partial charge < -0.3 is 10.1 Å². The van der Waals surface area contributed by atoms with E-state index < -0.39 is 0 Å². The summed E-state index contributed by atoms with van der Waals surface area (Å²) in [6.07, 6.45) is 6.52. The number of fused-ring (bicyclic) bond motifs is 1. The van der Waals surface area contributed by atoms with Crippen LogP contribution < -0.4 is 5.73 Å². The van der Waals surface area contributed by atoms with Gasteiger partial charge in [0.1, 0.15) is 5.82 Å². The summed E-state index contributed by atoms with van der Waals surface area (Å²) in [5.74, 6) is 4.29. The Labute approximate surface area is 99.1 Å². The predicted molar refractivity (Wildman–Crippen MR) is 68.9 cm³/mol. The molecule has 0 aromatic carbocycles. The number of nitrogens with two attached hydrogens (primary N) is 1. The summed E-state index contributed by atoms with van der Waals surface area (Å²) in [5.41, 5.74) is 7.67. The molecule has 0 spiro atoms. The number of hydrogen-bond acceptors (Lipinski definition) is 3. The monoisotopic (exact) mass is 233 g/mol. The van der Waals surface area contributed by atoms with Crippen LogP contribution in [0.2, 0.25) is 0 Å². The lowest BCUT2D eigenvalue weighted by molar-refractivity contribution is 0.621. The van der Waals surface area contributed by atoms with Gasteiger partial charge in [0.2, 0.25) is 0 Å². The lowest BCUT2D eigenvalue weighted by Crippen LogP contribution is -2.12. The first kappa shape index (κ1) is 10.0. The van der Waals surface area contributed by atoms with E-state index in [2.05, 4.69) is 9.38 Å². The van der Waals surface area contributed by atoms with Crippen LogP contribution in [0, 0.1) is 0 Å². The summed E-state index contributed by atoms with van der Waals surface area (Å²) < 4.78 is 2.17. The van der Waals surface area contributed by atoms with Crippen molar-refractivity contribution in [2.75, 3.05) is 17.2 Å². The minimum absolute atomic E-state index is 0.602.